The first-order valence-electron chi connectivity index (χ1n) is 7.87. The molecule has 1 unspecified atom stereocenters. The Labute approximate surface area is 145 Å². The third-order valence-electron chi connectivity index (χ3n) is 3.43. The van der Waals surface area contributed by atoms with Gasteiger partial charge in [0, 0.05) is 0 Å². The Morgan fingerprint density at radius 2 is 2.00 bits per heavy atom. The minimum Gasteiger partial charge on any atom is -0.489 e. The smallest absolute Gasteiger partial charge is 0.337 e. The van der Waals surface area contributed by atoms with Gasteiger partial charge in [0.2, 0.25) is 0 Å². The number of aliphatic hydroxyl groups is 1. The summed E-state index contributed by atoms with van der Waals surface area (Å²) in [6.07, 6.45) is 2.35. The average Bonchev–Trinajstić information content (AvgIpc) is 3.03. The minimum atomic E-state index is -2.07. The van der Waals surface area contributed by atoms with Crippen molar-refractivity contribution >= 4 is 11.9 Å². The zero-order valence-electron chi connectivity index (χ0n) is 14.1. The van der Waals surface area contributed by atoms with E-state index in [-0.39, 0.29) is 11.4 Å². The molecule has 0 fully saturated rings. The maximum atomic E-state index is 12.4. The van der Waals surface area contributed by atoms with Crippen molar-refractivity contribution in [2.24, 2.45) is 0 Å². The summed E-state index contributed by atoms with van der Waals surface area (Å²) in [5, 5.41) is 25.2. The fraction of sp³-hybridized carbons (Fsp3) is 0.353. The summed E-state index contributed by atoms with van der Waals surface area (Å²) in [5.74, 6) is -1.76. The van der Waals surface area contributed by atoms with Crippen LogP contribution in [0.1, 0.15) is 30.8 Å². The number of carboxylic acid groups (broad SMARTS) is 1. The first-order chi connectivity index (χ1) is 11.8. The van der Waals surface area contributed by atoms with Gasteiger partial charge in [-0.25, -0.2) is 9.48 Å². The number of benzene rings is 1. The molecule has 2 aromatic rings. The molecule has 1 aromatic heterocycles. The van der Waals surface area contributed by atoms with Gasteiger partial charge in [0.05, 0.1) is 25.0 Å². The molecule has 1 amide bonds. The van der Waals surface area contributed by atoms with Crippen molar-refractivity contribution in [3.63, 3.8) is 0 Å². The van der Waals surface area contributed by atoms with Gasteiger partial charge in [-0.3, -0.25) is 4.79 Å². The van der Waals surface area contributed by atoms with Gasteiger partial charge < -0.3 is 20.3 Å². The van der Waals surface area contributed by atoms with Gasteiger partial charge in [-0.1, -0.05) is 25.1 Å². The molecule has 0 aliphatic heterocycles. The van der Waals surface area contributed by atoms with Crippen LogP contribution in [0.4, 0.5) is 0 Å². The molecule has 2 rings (SSSR count). The Hall–Kier alpha value is -2.87. The van der Waals surface area contributed by atoms with Crippen LogP contribution in [0.2, 0.25) is 0 Å². The molecule has 134 valence electrons. The molecule has 0 saturated heterocycles. The molecular weight excluding hydrogens is 326 g/mol. The van der Waals surface area contributed by atoms with Crippen molar-refractivity contribution in [2.75, 3.05) is 13.2 Å². The third kappa shape index (κ3) is 4.57. The first kappa shape index (κ1) is 18.5. The van der Waals surface area contributed by atoms with Crippen LogP contribution in [0.25, 0.3) is 5.69 Å². The molecule has 0 spiro atoms. The molecule has 0 bridgehead atoms. The number of carboxylic acids is 1. The second kappa shape index (κ2) is 7.80. The van der Waals surface area contributed by atoms with Crippen molar-refractivity contribution < 1.29 is 24.5 Å². The lowest BCUT2D eigenvalue weighted by Gasteiger charge is -2.17. The van der Waals surface area contributed by atoms with Crippen molar-refractivity contribution in [1.29, 1.82) is 0 Å². The molecule has 0 aliphatic carbocycles. The van der Waals surface area contributed by atoms with E-state index in [4.69, 9.17) is 9.84 Å². The van der Waals surface area contributed by atoms with Crippen LogP contribution in [-0.4, -0.2) is 50.6 Å². The number of ether oxygens (including phenoxy) is 1. The van der Waals surface area contributed by atoms with E-state index in [1.54, 1.807) is 6.20 Å². The van der Waals surface area contributed by atoms with Crippen LogP contribution >= 0.6 is 0 Å². The fourth-order valence-electron chi connectivity index (χ4n) is 1.96. The fourth-order valence-corrected chi connectivity index (χ4v) is 1.96. The van der Waals surface area contributed by atoms with E-state index in [1.165, 1.54) is 4.68 Å². The van der Waals surface area contributed by atoms with E-state index in [0.29, 0.717) is 6.61 Å². The number of aliphatic carboxylic acids is 1. The second-order valence-corrected chi connectivity index (χ2v) is 5.73. The molecule has 0 saturated carbocycles. The number of hydrogen-bond acceptors (Lipinski definition) is 5. The van der Waals surface area contributed by atoms with E-state index in [0.717, 1.165) is 19.0 Å². The number of carbonyl (C=O) groups is 2. The van der Waals surface area contributed by atoms with Crippen LogP contribution in [0.5, 0.6) is 5.75 Å². The van der Waals surface area contributed by atoms with Crippen LogP contribution in [0.15, 0.2) is 36.5 Å². The molecule has 0 aliphatic rings. The van der Waals surface area contributed by atoms with E-state index < -0.39 is 24.0 Å². The summed E-state index contributed by atoms with van der Waals surface area (Å²) in [7, 11) is 0. The predicted molar refractivity (Wildman–Crippen MR) is 89.9 cm³/mol. The highest BCUT2D eigenvalue weighted by Crippen LogP contribution is 2.20. The standard InChI is InChI=1S/C17H21N3O5/c1-3-9-25-13-10-20(12-7-5-4-6-8-12)19-14(13)15(21)18-11-17(2,24)16(22)23/h4-8,10,24H,3,9,11H2,1-2H3,(H,18,21)(H,22,23). The maximum absolute atomic E-state index is 12.4. The molecule has 8 heteroatoms. The Morgan fingerprint density at radius 1 is 1.32 bits per heavy atom. The highest BCUT2D eigenvalue weighted by atomic mass is 16.5. The lowest BCUT2D eigenvalue weighted by molar-refractivity contribution is -0.155. The van der Waals surface area contributed by atoms with Crippen molar-refractivity contribution in [3.8, 4) is 11.4 Å². The number of nitrogens with one attached hydrogen (secondary N) is 1. The van der Waals surface area contributed by atoms with Gasteiger partial charge in [0.25, 0.3) is 5.91 Å². The lowest BCUT2D eigenvalue weighted by Crippen LogP contribution is -2.46. The summed E-state index contributed by atoms with van der Waals surface area (Å²) >= 11 is 0. The molecule has 1 heterocycles. The van der Waals surface area contributed by atoms with Crippen LogP contribution in [0.3, 0.4) is 0 Å². The molecule has 0 radical (unpaired) electrons. The van der Waals surface area contributed by atoms with Crippen LogP contribution in [-0.2, 0) is 4.79 Å². The van der Waals surface area contributed by atoms with Gasteiger partial charge in [-0.05, 0) is 25.5 Å². The summed E-state index contributed by atoms with van der Waals surface area (Å²) in [4.78, 5) is 23.3. The first-order valence-corrected chi connectivity index (χ1v) is 7.87. The number of hydrogen-bond donors (Lipinski definition) is 3. The van der Waals surface area contributed by atoms with Crippen molar-refractivity contribution in [3.05, 3.63) is 42.2 Å². The van der Waals surface area contributed by atoms with Gasteiger partial charge in [0.15, 0.2) is 17.0 Å². The molecule has 3 N–H and O–H groups in total. The number of amides is 1. The largest absolute Gasteiger partial charge is 0.489 e. The average molecular weight is 347 g/mol. The zero-order valence-corrected chi connectivity index (χ0v) is 14.1. The SMILES string of the molecule is CCCOc1cn(-c2ccccc2)nc1C(=O)NCC(C)(O)C(=O)O. The Balaban J connectivity index is 2.24. The number of carbonyl (C=O) groups excluding carboxylic acids is 1. The molecule has 1 atom stereocenters. The van der Waals surface area contributed by atoms with Crippen molar-refractivity contribution in [2.45, 2.75) is 25.9 Å². The number of rotatable bonds is 8. The molecule has 25 heavy (non-hydrogen) atoms. The van der Waals surface area contributed by atoms with E-state index in [1.807, 2.05) is 37.3 Å². The van der Waals surface area contributed by atoms with Gasteiger partial charge >= 0.3 is 5.97 Å². The highest BCUT2D eigenvalue weighted by Gasteiger charge is 2.31. The molecule has 8 nitrogen and oxygen atoms in total. The third-order valence-corrected chi connectivity index (χ3v) is 3.43. The zero-order chi connectivity index (χ0) is 18.4. The normalized spacial score (nSPS) is 13.1. The van der Waals surface area contributed by atoms with E-state index in [9.17, 15) is 14.7 Å². The van der Waals surface area contributed by atoms with Crippen LogP contribution in [0, 0.1) is 0 Å². The van der Waals surface area contributed by atoms with Gasteiger partial charge in [-0.15, -0.1) is 0 Å². The second-order valence-electron chi connectivity index (χ2n) is 5.73. The monoisotopic (exact) mass is 347 g/mol. The van der Waals surface area contributed by atoms with E-state index in [2.05, 4.69) is 10.4 Å². The number of para-hydroxylation sites is 1. The molecule has 1 aromatic carbocycles. The predicted octanol–water partition coefficient (Wildman–Crippen LogP) is 1.23. The van der Waals surface area contributed by atoms with Gasteiger partial charge in [-0.2, -0.15) is 5.10 Å². The summed E-state index contributed by atoms with van der Waals surface area (Å²) in [5.41, 5.74) is -1.29. The maximum Gasteiger partial charge on any atom is 0.337 e. The highest BCUT2D eigenvalue weighted by molar-refractivity contribution is 5.95. The lowest BCUT2D eigenvalue weighted by atomic mass is 10.1. The van der Waals surface area contributed by atoms with E-state index >= 15 is 0 Å². The van der Waals surface area contributed by atoms with Crippen molar-refractivity contribution in [1.82, 2.24) is 15.1 Å². The molecular formula is C17H21N3O5. The van der Waals surface area contributed by atoms with Crippen LogP contribution < -0.4 is 10.1 Å². The summed E-state index contributed by atoms with van der Waals surface area (Å²) in [6.45, 7) is 3.00. The summed E-state index contributed by atoms with van der Waals surface area (Å²) in [6, 6.07) is 9.20. The Kier molecular flexibility index (Phi) is 5.76. The number of nitrogens with zero attached hydrogens (tertiary/aromatic N) is 2. The Bertz CT molecular complexity index is 740. The minimum absolute atomic E-state index is 0.0264. The Morgan fingerprint density at radius 3 is 2.60 bits per heavy atom. The quantitative estimate of drug-likeness (QED) is 0.662. The van der Waals surface area contributed by atoms with Gasteiger partial charge in [0.1, 0.15) is 0 Å². The topological polar surface area (TPSA) is 114 Å². The summed E-state index contributed by atoms with van der Waals surface area (Å²) < 4.78 is 7.08. The number of aromatic nitrogens is 2.